The molecule has 3 aromatic rings. The number of benzene rings is 2. The molecule has 1 heterocycles. The third-order valence-corrected chi connectivity index (χ3v) is 5.85. The second kappa shape index (κ2) is 6.34. The molecular weight excluding hydrogens is 326 g/mol. The normalized spacial score (nSPS) is 12.8. The fraction of sp³-hybridized carbons (Fsp3) is 0.346. The summed E-state index contributed by atoms with van der Waals surface area (Å²) >= 11 is 0. The van der Waals surface area contributed by atoms with Crippen LogP contribution in [0, 0.1) is 19.3 Å². The molecule has 1 nitrogen and oxygen atoms in total. The number of fused-ring (bicyclic) bond motifs is 3. The Morgan fingerprint density at radius 1 is 0.926 bits per heavy atom. The minimum absolute atomic E-state index is 0.288. The standard InChI is InChI=1S/C26H30N/c1-17-16-27(6)25(14-20(17)15-26(3,4)5)21-11-12-23-22-10-8-7-9-19(22)13-24(23)18(21)2/h7-12,14,16H,13,15H2,1-6H3/q+1. The van der Waals surface area contributed by atoms with E-state index in [1.807, 2.05) is 0 Å². The Bertz CT molecular complexity index is 1030. The van der Waals surface area contributed by atoms with Crippen molar-refractivity contribution in [1.29, 1.82) is 0 Å². The fourth-order valence-corrected chi connectivity index (χ4v) is 4.50. The minimum Gasteiger partial charge on any atom is -0.201 e. The molecule has 0 amide bonds. The highest BCUT2D eigenvalue weighted by molar-refractivity contribution is 5.81. The van der Waals surface area contributed by atoms with E-state index >= 15 is 0 Å². The van der Waals surface area contributed by atoms with Gasteiger partial charge in [-0.05, 0) is 71.6 Å². The van der Waals surface area contributed by atoms with E-state index in [1.54, 1.807) is 0 Å². The molecule has 0 saturated carbocycles. The quantitative estimate of drug-likeness (QED) is 0.390. The first-order valence-electron chi connectivity index (χ1n) is 9.95. The minimum atomic E-state index is 0.288. The maximum atomic E-state index is 2.41. The number of rotatable bonds is 2. The number of hydrogen-bond acceptors (Lipinski definition) is 0. The third kappa shape index (κ3) is 3.20. The van der Waals surface area contributed by atoms with Crippen molar-refractivity contribution in [2.45, 2.75) is 47.5 Å². The molecule has 1 heteroatoms. The molecule has 0 saturated heterocycles. The summed E-state index contributed by atoms with van der Waals surface area (Å²) in [5, 5.41) is 0. The van der Waals surface area contributed by atoms with E-state index in [0.717, 1.165) is 12.8 Å². The highest BCUT2D eigenvalue weighted by atomic mass is 14.9. The average molecular weight is 357 g/mol. The lowest BCUT2D eigenvalue weighted by Crippen LogP contribution is -2.32. The molecule has 27 heavy (non-hydrogen) atoms. The predicted molar refractivity (Wildman–Crippen MR) is 114 cm³/mol. The number of aromatic nitrogens is 1. The zero-order chi connectivity index (χ0) is 19.3. The van der Waals surface area contributed by atoms with Crippen LogP contribution in [-0.4, -0.2) is 0 Å². The summed E-state index contributed by atoms with van der Waals surface area (Å²) in [4.78, 5) is 0. The summed E-state index contributed by atoms with van der Waals surface area (Å²) in [7, 11) is 2.17. The first-order valence-corrected chi connectivity index (χ1v) is 9.95. The smallest absolute Gasteiger partial charge is 0.201 e. The summed E-state index contributed by atoms with van der Waals surface area (Å²) in [6, 6.07) is 15.9. The van der Waals surface area contributed by atoms with Gasteiger partial charge in [0.2, 0.25) is 5.69 Å². The van der Waals surface area contributed by atoms with E-state index < -0.39 is 0 Å². The molecule has 1 aliphatic carbocycles. The van der Waals surface area contributed by atoms with Crippen molar-refractivity contribution in [3.05, 3.63) is 76.5 Å². The van der Waals surface area contributed by atoms with Gasteiger partial charge in [-0.25, -0.2) is 4.57 Å². The van der Waals surface area contributed by atoms with Gasteiger partial charge in [0.1, 0.15) is 7.05 Å². The summed E-state index contributed by atoms with van der Waals surface area (Å²) in [5.41, 5.74) is 13.0. The molecule has 0 aliphatic heterocycles. The van der Waals surface area contributed by atoms with Crippen LogP contribution in [0.3, 0.4) is 0 Å². The van der Waals surface area contributed by atoms with E-state index in [0.29, 0.717) is 0 Å². The maximum Gasteiger partial charge on any atom is 0.212 e. The van der Waals surface area contributed by atoms with Crippen LogP contribution in [0.4, 0.5) is 0 Å². The van der Waals surface area contributed by atoms with Crippen LogP contribution in [0.25, 0.3) is 22.4 Å². The lowest BCUT2D eigenvalue weighted by atomic mass is 9.86. The molecule has 0 spiro atoms. The largest absolute Gasteiger partial charge is 0.212 e. The van der Waals surface area contributed by atoms with Crippen molar-refractivity contribution in [3.8, 4) is 22.4 Å². The number of pyridine rings is 1. The summed E-state index contributed by atoms with van der Waals surface area (Å²) in [6.45, 7) is 11.5. The van der Waals surface area contributed by atoms with Crippen molar-refractivity contribution in [1.82, 2.24) is 0 Å². The van der Waals surface area contributed by atoms with Gasteiger partial charge in [0, 0.05) is 17.2 Å². The van der Waals surface area contributed by atoms with E-state index in [4.69, 9.17) is 0 Å². The molecule has 0 unspecified atom stereocenters. The van der Waals surface area contributed by atoms with Crippen LogP contribution in [0.1, 0.15) is 48.6 Å². The SMILES string of the molecule is Cc1c[n+](C)c(-c2ccc3c(c2C)Cc2ccccc2-3)cc1CC(C)(C)C. The Hall–Kier alpha value is -2.41. The van der Waals surface area contributed by atoms with Crippen molar-refractivity contribution in [2.75, 3.05) is 0 Å². The number of aryl methyl sites for hydroxylation is 2. The molecule has 4 rings (SSSR count). The van der Waals surface area contributed by atoms with E-state index in [-0.39, 0.29) is 5.41 Å². The van der Waals surface area contributed by atoms with Gasteiger partial charge in [-0.1, -0.05) is 51.1 Å². The number of nitrogens with zero attached hydrogens (tertiary/aromatic N) is 1. The van der Waals surface area contributed by atoms with E-state index in [1.165, 1.54) is 50.2 Å². The van der Waals surface area contributed by atoms with Gasteiger partial charge in [-0.3, -0.25) is 0 Å². The lowest BCUT2D eigenvalue weighted by molar-refractivity contribution is -0.660. The Balaban J connectivity index is 1.84. The van der Waals surface area contributed by atoms with Gasteiger partial charge in [0.05, 0.1) is 0 Å². The predicted octanol–water partition coefficient (Wildman–Crippen LogP) is 5.95. The van der Waals surface area contributed by atoms with Crippen molar-refractivity contribution < 1.29 is 4.57 Å². The average Bonchev–Trinajstić information content (AvgIpc) is 2.97. The van der Waals surface area contributed by atoms with Crippen LogP contribution in [0.5, 0.6) is 0 Å². The zero-order valence-corrected chi connectivity index (χ0v) is 17.5. The van der Waals surface area contributed by atoms with Crippen molar-refractivity contribution >= 4 is 0 Å². The molecule has 2 aromatic carbocycles. The molecule has 138 valence electrons. The number of hydrogen-bond donors (Lipinski definition) is 0. The third-order valence-electron chi connectivity index (χ3n) is 5.85. The lowest BCUT2D eigenvalue weighted by Gasteiger charge is -2.20. The molecular formula is C26H30N+. The van der Waals surface area contributed by atoms with E-state index in [2.05, 4.69) is 94.9 Å². The molecule has 0 fully saturated rings. The molecule has 1 aromatic heterocycles. The van der Waals surface area contributed by atoms with Crippen LogP contribution in [0.2, 0.25) is 0 Å². The van der Waals surface area contributed by atoms with Gasteiger partial charge in [0.15, 0.2) is 6.20 Å². The maximum absolute atomic E-state index is 2.41. The molecule has 0 radical (unpaired) electrons. The highest BCUT2D eigenvalue weighted by Gasteiger charge is 2.25. The van der Waals surface area contributed by atoms with Crippen molar-refractivity contribution in [3.63, 3.8) is 0 Å². The second-order valence-corrected chi connectivity index (χ2v) is 9.31. The van der Waals surface area contributed by atoms with Gasteiger partial charge in [0.25, 0.3) is 0 Å². The Morgan fingerprint density at radius 3 is 2.37 bits per heavy atom. The second-order valence-electron chi connectivity index (χ2n) is 9.31. The van der Waals surface area contributed by atoms with Gasteiger partial charge < -0.3 is 0 Å². The Labute approximate surface area is 163 Å². The molecule has 0 atom stereocenters. The Morgan fingerprint density at radius 2 is 1.63 bits per heavy atom. The van der Waals surface area contributed by atoms with Crippen molar-refractivity contribution in [2.24, 2.45) is 12.5 Å². The molecule has 0 bridgehead atoms. The van der Waals surface area contributed by atoms with E-state index in [9.17, 15) is 0 Å². The first kappa shape index (κ1) is 18.0. The summed E-state index contributed by atoms with van der Waals surface area (Å²) < 4.78 is 2.29. The summed E-state index contributed by atoms with van der Waals surface area (Å²) in [5.74, 6) is 0. The van der Waals surface area contributed by atoms with Gasteiger partial charge in [-0.2, -0.15) is 0 Å². The molecule has 1 aliphatic rings. The monoisotopic (exact) mass is 356 g/mol. The highest BCUT2D eigenvalue weighted by Crippen LogP contribution is 2.41. The molecule has 0 N–H and O–H groups in total. The van der Waals surface area contributed by atoms with Gasteiger partial charge in [-0.15, -0.1) is 0 Å². The van der Waals surface area contributed by atoms with Crippen LogP contribution in [-0.2, 0) is 19.9 Å². The van der Waals surface area contributed by atoms with Crippen LogP contribution < -0.4 is 4.57 Å². The zero-order valence-electron chi connectivity index (χ0n) is 17.5. The topological polar surface area (TPSA) is 3.88 Å². The summed E-state index contributed by atoms with van der Waals surface area (Å²) in [6.07, 6.45) is 4.44. The van der Waals surface area contributed by atoms with Crippen LogP contribution >= 0.6 is 0 Å². The van der Waals surface area contributed by atoms with Crippen LogP contribution in [0.15, 0.2) is 48.7 Å². The first-order chi connectivity index (χ1) is 12.7. The van der Waals surface area contributed by atoms with Gasteiger partial charge >= 0.3 is 0 Å². The fourth-order valence-electron chi connectivity index (χ4n) is 4.50. The Kier molecular flexibility index (Phi) is 4.22.